The number of nitrogens with one attached hydrogen (secondary N) is 2. The molecule has 2 amide bonds. The van der Waals surface area contributed by atoms with E-state index in [1.807, 2.05) is 24.3 Å². The third-order valence-electron chi connectivity index (χ3n) is 6.58. The van der Waals surface area contributed by atoms with Gasteiger partial charge in [0.15, 0.2) is 0 Å². The molecule has 0 spiro atoms. The molecule has 2 aliphatic rings. The van der Waals surface area contributed by atoms with Gasteiger partial charge in [-0.2, -0.15) is 0 Å². The van der Waals surface area contributed by atoms with E-state index in [2.05, 4.69) is 35.4 Å². The van der Waals surface area contributed by atoms with Gasteiger partial charge in [0.25, 0.3) is 5.91 Å². The third-order valence-corrected chi connectivity index (χ3v) is 6.58. The quantitative estimate of drug-likeness (QED) is 0.224. The molecule has 40 heavy (non-hydrogen) atoms. The van der Waals surface area contributed by atoms with Crippen molar-refractivity contribution in [2.75, 3.05) is 31.6 Å². The number of fused-ring (bicyclic) bond motifs is 3. The van der Waals surface area contributed by atoms with E-state index in [9.17, 15) is 9.59 Å². The van der Waals surface area contributed by atoms with E-state index in [-0.39, 0.29) is 30.1 Å². The number of nitrogens with two attached hydrogens (primary N) is 2. The first-order valence-electron chi connectivity index (χ1n) is 13.4. The van der Waals surface area contributed by atoms with Gasteiger partial charge in [0.1, 0.15) is 24.7 Å². The number of ether oxygens (including phenoxy) is 2. The second-order valence-corrected chi connectivity index (χ2v) is 9.52. The molecule has 2 aromatic rings. The highest BCUT2D eigenvalue weighted by Crippen LogP contribution is 2.43. The van der Waals surface area contributed by atoms with Crippen molar-refractivity contribution in [3.63, 3.8) is 0 Å². The summed E-state index contributed by atoms with van der Waals surface area (Å²) in [6.07, 6.45) is 14.4. The average Bonchev–Trinajstić information content (AvgIpc) is 3.31. The Morgan fingerprint density at radius 2 is 1.88 bits per heavy atom. The Balaban J connectivity index is 1.32. The SMILES string of the molecule is C=C(/C=C\C=C/CC(=O)NC1=CC2Cc3cc(NC(=O)c4ccccc4OCCN)ccc3C2C=C1)OCCN. The van der Waals surface area contributed by atoms with Crippen molar-refractivity contribution in [1.82, 2.24) is 5.32 Å². The fourth-order valence-electron chi connectivity index (χ4n) is 4.80. The number of carbonyl (C=O) groups is 2. The smallest absolute Gasteiger partial charge is 0.259 e. The first kappa shape index (κ1) is 28.6. The molecule has 0 bridgehead atoms. The molecule has 0 fully saturated rings. The predicted molar refractivity (Wildman–Crippen MR) is 158 cm³/mol. The zero-order valence-electron chi connectivity index (χ0n) is 22.5. The summed E-state index contributed by atoms with van der Waals surface area (Å²) >= 11 is 0. The van der Waals surface area contributed by atoms with Gasteiger partial charge in [-0.1, -0.05) is 55.2 Å². The first-order chi connectivity index (χ1) is 19.5. The standard InChI is InChI=1S/C32H36N4O4/c1-22(39-17-15-33)7-3-2-4-10-31(37)35-25-11-13-27-23(20-25)19-24-21-26(12-14-28(24)27)36-32(38)29-8-5-6-9-30(29)40-18-16-34/h2-9,11-14,20-21,23,27H,1,10,15-19,33-34H2,(H,35,37)(H,36,38)/b4-2-,7-3-. The summed E-state index contributed by atoms with van der Waals surface area (Å²) in [6.45, 7) is 5.33. The number of hydrogen-bond donors (Lipinski definition) is 4. The van der Waals surface area contributed by atoms with Gasteiger partial charge in [-0.15, -0.1) is 0 Å². The van der Waals surface area contributed by atoms with E-state index in [0.29, 0.717) is 43.4 Å². The molecule has 2 atom stereocenters. The normalized spacial score (nSPS) is 17.3. The molecular weight excluding hydrogens is 504 g/mol. The molecule has 8 nitrogen and oxygen atoms in total. The number of amides is 2. The molecule has 0 saturated heterocycles. The number of hydrogen-bond acceptors (Lipinski definition) is 6. The number of allylic oxidation sites excluding steroid dienone is 6. The fourth-order valence-corrected chi connectivity index (χ4v) is 4.80. The van der Waals surface area contributed by atoms with Crippen LogP contribution in [0, 0.1) is 5.92 Å². The van der Waals surface area contributed by atoms with Crippen molar-refractivity contribution >= 4 is 17.5 Å². The third kappa shape index (κ3) is 7.59. The lowest BCUT2D eigenvalue weighted by Crippen LogP contribution is -2.23. The molecule has 208 valence electrons. The molecule has 2 aromatic carbocycles. The van der Waals surface area contributed by atoms with Gasteiger partial charge >= 0.3 is 0 Å². The fraction of sp³-hybridized carbons (Fsp3) is 0.250. The molecule has 8 heteroatoms. The number of para-hydroxylation sites is 1. The minimum Gasteiger partial charge on any atom is -0.493 e. The summed E-state index contributed by atoms with van der Waals surface area (Å²) in [6, 6.07) is 13.2. The van der Waals surface area contributed by atoms with Crippen LogP contribution < -0.4 is 26.8 Å². The predicted octanol–water partition coefficient (Wildman–Crippen LogP) is 4.09. The van der Waals surface area contributed by atoms with Gasteiger partial charge in [0, 0.05) is 36.8 Å². The van der Waals surface area contributed by atoms with Crippen LogP contribution in [0.2, 0.25) is 0 Å². The Labute approximate surface area is 235 Å². The number of rotatable bonds is 13. The van der Waals surface area contributed by atoms with Gasteiger partial charge in [0.05, 0.1) is 5.56 Å². The van der Waals surface area contributed by atoms with Crippen molar-refractivity contribution in [3.05, 3.63) is 120 Å². The lowest BCUT2D eigenvalue weighted by atomic mass is 9.88. The van der Waals surface area contributed by atoms with Crippen LogP contribution in [0.25, 0.3) is 0 Å². The highest BCUT2D eigenvalue weighted by Gasteiger charge is 2.32. The van der Waals surface area contributed by atoms with Crippen molar-refractivity contribution in [3.8, 4) is 5.75 Å². The summed E-state index contributed by atoms with van der Waals surface area (Å²) in [5.74, 6) is 1.19. The Bertz CT molecular complexity index is 1360. The van der Waals surface area contributed by atoms with Crippen LogP contribution in [0.3, 0.4) is 0 Å². The van der Waals surface area contributed by atoms with Gasteiger partial charge < -0.3 is 31.6 Å². The molecule has 2 unspecified atom stereocenters. The Morgan fingerprint density at radius 3 is 2.70 bits per heavy atom. The Hall–Kier alpha value is -4.40. The van der Waals surface area contributed by atoms with Crippen LogP contribution in [0.5, 0.6) is 5.75 Å². The van der Waals surface area contributed by atoms with Crippen molar-refractivity contribution < 1.29 is 19.1 Å². The van der Waals surface area contributed by atoms with Gasteiger partial charge in [-0.25, -0.2) is 0 Å². The molecule has 0 aromatic heterocycles. The summed E-state index contributed by atoms with van der Waals surface area (Å²) < 4.78 is 10.9. The number of benzene rings is 2. The highest BCUT2D eigenvalue weighted by atomic mass is 16.5. The number of carbonyl (C=O) groups excluding carboxylic acids is 2. The van der Waals surface area contributed by atoms with E-state index in [4.69, 9.17) is 20.9 Å². The maximum absolute atomic E-state index is 13.0. The molecule has 0 aliphatic heterocycles. The Morgan fingerprint density at radius 1 is 1.05 bits per heavy atom. The van der Waals surface area contributed by atoms with Crippen molar-refractivity contribution in [2.45, 2.75) is 18.8 Å². The molecule has 4 rings (SSSR count). The topological polar surface area (TPSA) is 129 Å². The number of anilines is 1. The van der Waals surface area contributed by atoms with Crippen LogP contribution in [0.15, 0.2) is 103 Å². The highest BCUT2D eigenvalue weighted by molar-refractivity contribution is 6.06. The van der Waals surface area contributed by atoms with Crippen LogP contribution >= 0.6 is 0 Å². The van der Waals surface area contributed by atoms with E-state index < -0.39 is 0 Å². The summed E-state index contributed by atoms with van der Waals surface area (Å²) in [4.78, 5) is 25.4. The molecule has 0 radical (unpaired) electrons. The minimum atomic E-state index is -0.234. The maximum atomic E-state index is 13.0. The van der Waals surface area contributed by atoms with Gasteiger partial charge in [-0.3, -0.25) is 9.59 Å². The molecule has 0 saturated carbocycles. The second-order valence-electron chi connectivity index (χ2n) is 9.52. The van der Waals surface area contributed by atoms with Crippen molar-refractivity contribution in [2.24, 2.45) is 17.4 Å². The van der Waals surface area contributed by atoms with E-state index in [0.717, 1.165) is 17.8 Å². The van der Waals surface area contributed by atoms with E-state index in [1.165, 1.54) is 11.1 Å². The lowest BCUT2D eigenvalue weighted by molar-refractivity contribution is -0.119. The molecule has 6 N–H and O–H groups in total. The molecular formula is C32H36N4O4. The first-order valence-corrected chi connectivity index (χ1v) is 13.4. The van der Waals surface area contributed by atoms with Crippen LogP contribution in [0.4, 0.5) is 5.69 Å². The van der Waals surface area contributed by atoms with Crippen LogP contribution in [-0.2, 0) is 16.0 Å². The zero-order valence-corrected chi connectivity index (χ0v) is 22.5. The van der Waals surface area contributed by atoms with E-state index in [1.54, 1.807) is 42.5 Å². The van der Waals surface area contributed by atoms with Crippen LogP contribution in [-0.4, -0.2) is 38.1 Å². The van der Waals surface area contributed by atoms with Crippen molar-refractivity contribution in [1.29, 1.82) is 0 Å². The average molecular weight is 541 g/mol. The molecule has 0 heterocycles. The summed E-state index contributed by atoms with van der Waals surface area (Å²) in [5, 5.41) is 5.98. The van der Waals surface area contributed by atoms with Gasteiger partial charge in [-0.05, 0) is 59.9 Å². The zero-order chi connectivity index (χ0) is 28.3. The van der Waals surface area contributed by atoms with Gasteiger partial charge in [0.2, 0.25) is 5.91 Å². The largest absolute Gasteiger partial charge is 0.493 e. The van der Waals surface area contributed by atoms with Crippen LogP contribution in [0.1, 0.15) is 33.8 Å². The maximum Gasteiger partial charge on any atom is 0.259 e. The minimum absolute atomic E-state index is 0.0894. The second kappa shape index (κ2) is 14.1. The lowest BCUT2D eigenvalue weighted by Gasteiger charge is -2.20. The monoisotopic (exact) mass is 540 g/mol. The van der Waals surface area contributed by atoms with E-state index >= 15 is 0 Å². The summed E-state index contributed by atoms with van der Waals surface area (Å²) in [5.41, 5.74) is 15.3. The Kier molecular flexibility index (Phi) is 10.1. The molecule has 2 aliphatic carbocycles. The summed E-state index contributed by atoms with van der Waals surface area (Å²) in [7, 11) is 0.